The fraction of sp³-hybridized carbons (Fsp3) is 0.667. The van der Waals surface area contributed by atoms with E-state index >= 15 is 0 Å². The molecule has 1 N–H and O–H groups in total. The smallest absolute Gasteiger partial charge is 0.224 e. The average molecular weight is 316 g/mol. The standard InChI is InChI=1S/C18H28N4O/c1-21-11-6-17(7-12-21)22-10-2-3-16(14-22)18(23)20-13-15-4-8-19-9-5-15/h4-5,8-9,16-17H,2-3,6-7,10-14H2,1H3,(H,20,23). The van der Waals surface area contributed by atoms with Crippen LogP contribution in [-0.2, 0) is 11.3 Å². The minimum absolute atomic E-state index is 0.144. The lowest BCUT2D eigenvalue weighted by Gasteiger charge is -2.41. The Hall–Kier alpha value is -1.46. The van der Waals surface area contributed by atoms with Gasteiger partial charge in [-0.15, -0.1) is 0 Å². The molecule has 2 saturated heterocycles. The molecule has 0 spiro atoms. The molecule has 3 rings (SSSR count). The van der Waals surface area contributed by atoms with Gasteiger partial charge in [-0.2, -0.15) is 0 Å². The minimum atomic E-state index is 0.144. The van der Waals surface area contributed by atoms with Crippen molar-refractivity contribution in [2.45, 2.75) is 38.3 Å². The van der Waals surface area contributed by atoms with Crippen LogP contribution in [0.5, 0.6) is 0 Å². The maximum Gasteiger partial charge on any atom is 0.224 e. The van der Waals surface area contributed by atoms with Gasteiger partial charge in [0.15, 0.2) is 0 Å². The van der Waals surface area contributed by atoms with E-state index in [-0.39, 0.29) is 11.8 Å². The van der Waals surface area contributed by atoms with Crippen LogP contribution in [0.3, 0.4) is 0 Å². The molecule has 1 atom stereocenters. The molecule has 0 saturated carbocycles. The summed E-state index contributed by atoms with van der Waals surface area (Å²) in [5.41, 5.74) is 1.11. The van der Waals surface area contributed by atoms with Crippen molar-refractivity contribution in [2.75, 3.05) is 33.2 Å². The molecule has 126 valence electrons. The van der Waals surface area contributed by atoms with Crippen LogP contribution in [-0.4, -0.2) is 60.0 Å². The zero-order valence-electron chi connectivity index (χ0n) is 14.1. The number of aromatic nitrogens is 1. The van der Waals surface area contributed by atoms with Crippen LogP contribution in [0.15, 0.2) is 24.5 Å². The monoisotopic (exact) mass is 316 g/mol. The third-order valence-electron chi connectivity index (χ3n) is 5.24. The number of nitrogens with zero attached hydrogens (tertiary/aromatic N) is 3. The topological polar surface area (TPSA) is 48.5 Å². The van der Waals surface area contributed by atoms with Crippen molar-refractivity contribution in [1.29, 1.82) is 0 Å². The van der Waals surface area contributed by atoms with E-state index < -0.39 is 0 Å². The summed E-state index contributed by atoms with van der Waals surface area (Å²) in [6.45, 7) is 5.05. The zero-order chi connectivity index (χ0) is 16.1. The van der Waals surface area contributed by atoms with Crippen LogP contribution < -0.4 is 5.32 Å². The molecule has 0 aromatic carbocycles. The van der Waals surface area contributed by atoms with Crippen LogP contribution >= 0.6 is 0 Å². The largest absolute Gasteiger partial charge is 0.352 e. The van der Waals surface area contributed by atoms with E-state index in [9.17, 15) is 4.79 Å². The Bertz CT molecular complexity index is 499. The summed E-state index contributed by atoms with van der Waals surface area (Å²) < 4.78 is 0. The van der Waals surface area contributed by atoms with E-state index in [0.29, 0.717) is 12.6 Å². The number of piperidine rings is 2. The molecule has 5 nitrogen and oxygen atoms in total. The molecule has 23 heavy (non-hydrogen) atoms. The van der Waals surface area contributed by atoms with Crippen LogP contribution in [0.25, 0.3) is 0 Å². The molecule has 1 unspecified atom stereocenters. The molecule has 3 heterocycles. The third-order valence-corrected chi connectivity index (χ3v) is 5.24. The number of pyridine rings is 1. The highest BCUT2D eigenvalue weighted by atomic mass is 16.1. The van der Waals surface area contributed by atoms with Gasteiger partial charge in [0.25, 0.3) is 0 Å². The maximum absolute atomic E-state index is 12.5. The predicted octanol–water partition coefficient (Wildman–Crippen LogP) is 1.50. The van der Waals surface area contributed by atoms with Crippen molar-refractivity contribution in [2.24, 2.45) is 5.92 Å². The van der Waals surface area contributed by atoms with Crippen molar-refractivity contribution >= 4 is 5.91 Å². The first-order valence-electron chi connectivity index (χ1n) is 8.81. The summed E-state index contributed by atoms with van der Waals surface area (Å²) in [7, 11) is 2.20. The zero-order valence-corrected chi connectivity index (χ0v) is 14.1. The summed E-state index contributed by atoms with van der Waals surface area (Å²) in [4.78, 5) is 21.5. The number of likely N-dealkylation sites (tertiary alicyclic amines) is 2. The first-order chi connectivity index (χ1) is 11.2. The fourth-order valence-corrected chi connectivity index (χ4v) is 3.75. The predicted molar refractivity (Wildman–Crippen MR) is 90.9 cm³/mol. The summed E-state index contributed by atoms with van der Waals surface area (Å²) >= 11 is 0. The van der Waals surface area contributed by atoms with E-state index in [0.717, 1.165) is 31.5 Å². The van der Waals surface area contributed by atoms with E-state index in [1.807, 2.05) is 12.1 Å². The molecule has 2 aliphatic heterocycles. The molecule has 1 aromatic heterocycles. The summed E-state index contributed by atoms with van der Waals surface area (Å²) in [6.07, 6.45) is 8.17. The average Bonchev–Trinajstić information content (AvgIpc) is 2.61. The molecule has 2 aliphatic rings. The number of nitrogens with one attached hydrogen (secondary N) is 1. The number of rotatable bonds is 4. The van der Waals surface area contributed by atoms with E-state index in [4.69, 9.17) is 0 Å². The Morgan fingerprint density at radius 1 is 1.22 bits per heavy atom. The number of hydrogen-bond acceptors (Lipinski definition) is 4. The highest BCUT2D eigenvalue weighted by molar-refractivity contribution is 5.78. The summed E-state index contributed by atoms with van der Waals surface area (Å²) in [5.74, 6) is 0.352. The van der Waals surface area contributed by atoms with Crippen molar-refractivity contribution in [3.8, 4) is 0 Å². The lowest BCUT2D eigenvalue weighted by molar-refractivity contribution is -0.127. The Kier molecular flexibility index (Phi) is 5.62. The molecule has 0 radical (unpaired) electrons. The van der Waals surface area contributed by atoms with Gasteiger partial charge >= 0.3 is 0 Å². The van der Waals surface area contributed by atoms with E-state index in [1.165, 1.54) is 25.9 Å². The Morgan fingerprint density at radius 3 is 2.70 bits per heavy atom. The van der Waals surface area contributed by atoms with Gasteiger partial charge < -0.3 is 10.2 Å². The van der Waals surface area contributed by atoms with Crippen molar-refractivity contribution in [1.82, 2.24) is 20.1 Å². The molecule has 0 bridgehead atoms. The van der Waals surface area contributed by atoms with Crippen molar-refractivity contribution < 1.29 is 4.79 Å². The Labute approximate surface area is 139 Å². The van der Waals surface area contributed by atoms with Crippen molar-refractivity contribution in [3.63, 3.8) is 0 Å². The second kappa shape index (κ2) is 7.88. The first kappa shape index (κ1) is 16.4. The van der Waals surface area contributed by atoms with Gasteiger partial charge in [-0.3, -0.25) is 14.7 Å². The van der Waals surface area contributed by atoms with Gasteiger partial charge in [0.2, 0.25) is 5.91 Å². The highest BCUT2D eigenvalue weighted by Crippen LogP contribution is 2.23. The lowest BCUT2D eigenvalue weighted by Crippen LogP contribution is -2.50. The molecule has 1 amide bonds. The Morgan fingerprint density at radius 2 is 1.96 bits per heavy atom. The number of carbonyl (C=O) groups is 1. The van der Waals surface area contributed by atoms with Gasteiger partial charge in [-0.05, 0) is 70.1 Å². The molecule has 5 heteroatoms. The van der Waals surface area contributed by atoms with Crippen LogP contribution in [0.4, 0.5) is 0 Å². The fourth-order valence-electron chi connectivity index (χ4n) is 3.75. The quantitative estimate of drug-likeness (QED) is 0.915. The van der Waals surface area contributed by atoms with E-state index in [2.05, 4.69) is 27.1 Å². The Balaban J connectivity index is 1.48. The van der Waals surface area contributed by atoms with Crippen LogP contribution in [0, 0.1) is 5.92 Å². The highest BCUT2D eigenvalue weighted by Gasteiger charge is 2.30. The van der Waals surface area contributed by atoms with Gasteiger partial charge in [-0.25, -0.2) is 0 Å². The normalized spacial score (nSPS) is 24.5. The second-order valence-electron chi connectivity index (χ2n) is 6.94. The molecule has 1 aromatic rings. The molecular formula is C18H28N4O. The van der Waals surface area contributed by atoms with E-state index in [1.54, 1.807) is 12.4 Å². The van der Waals surface area contributed by atoms with Crippen molar-refractivity contribution in [3.05, 3.63) is 30.1 Å². The van der Waals surface area contributed by atoms with Gasteiger partial charge in [-0.1, -0.05) is 0 Å². The van der Waals surface area contributed by atoms with Crippen LogP contribution in [0.1, 0.15) is 31.2 Å². The van der Waals surface area contributed by atoms with Gasteiger partial charge in [0.05, 0.1) is 5.92 Å². The number of amides is 1. The first-order valence-corrected chi connectivity index (χ1v) is 8.81. The third kappa shape index (κ3) is 4.52. The number of carbonyl (C=O) groups excluding carboxylic acids is 1. The van der Waals surface area contributed by atoms with Crippen LogP contribution in [0.2, 0.25) is 0 Å². The SMILES string of the molecule is CN1CCC(N2CCCC(C(=O)NCc3ccncc3)C2)CC1. The summed E-state index contributed by atoms with van der Waals surface area (Å²) in [5, 5.41) is 3.10. The minimum Gasteiger partial charge on any atom is -0.352 e. The maximum atomic E-state index is 12.5. The second-order valence-corrected chi connectivity index (χ2v) is 6.94. The lowest BCUT2D eigenvalue weighted by atomic mass is 9.93. The number of hydrogen-bond donors (Lipinski definition) is 1. The van der Waals surface area contributed by atoms with Gasteiger partial charge in [0.1, 0.15) is 0 Å². The molecule has 2 fully saturated rings. The summed E-state index contributed by atoms with van der Waals surface area (Å²) in [6, 6.07) is 4.57. The molecule has 0 aliphatic carbocycles. The van der Waals surface area contributed by atoms with Gasteiger partial charge in [0, 0.05) is 31.5 Å². The molecular weight excluding hydrogens is 288 g/mol.